The van der Waals surface area contributed by atoms with E-state index >= 15 is 0 Å². The SMILES string of the molecule is Cc1ccc(-n2c(C)cn3c4c(=O)n(CCN5CCOCC5)c(=O)n(C)c4nc23)cc1. The third-order valence-electron chi connectivity index (χ3n) is 6.06. The Kier molecular flexibility index (Phi) is 4.79. The second-order valence-corrected chi connectivity index (χ2v) is 8.15. The van der Waals surface area contributed by atoms with E-state index < -0.39 is 0 Å². The van der Waals surface area contributed by atoms with Gasteiger partial charge in [-0.05, 0) is 26.0 Å². The quantitative estimate of drug-likeness (QED) is 0.492. The number of hydrogen-bond acceptors (Lipinski definition) is 5. The molecule has 4 heterocycles. The van der Waals surface area contributed by atoms with Crippen molar-refractivity contribution in [1.29, 1.82) is 0 Å². The molecule has 162 valence electrons. The number of nitrogens with zero attached hydrogens (tertiary/aromatic N) is 6. The zero-order chi connectivity index (χ0) is 21.7. The molecule has 0 saturated carbocycles. The molecule has 0 radical (unpaired) electrons. The Balaban J connectivity index is 1.66. The van der Waals surface area contributed by atoms with Crippen molar-refractivity contribution in [3.05, 3.63) is 62.6 Å². The molecule has 31 heavy (non-hydrogen) atoms. The van der Waals surface area contributed by atoms with Crippen molar-refractivity contribution in [3.8, 4) is 5.69 Å². The van der Waals surface area contributed by atoms with Crippen LogP contribution in [0.1, 0.15) is 11.3 Å². The van der Waals surface area contributed by atoms with E-state index in [4.69, 9.17) is 9.72 Å². The molecule has 0 aliphatic carbocycles. The molecule has 9 heteroatoms. The van der Waals surface area contributed by atoms with Crippen molar-refractivity contribution in [3.63, 3.8) is 0 Å². The zero-order valence-corrected chi connectivity index (χ0v) is 18.0. The van der Waals surface area contributed by atoms with Crippen molar-refractivity contribution in [2.45, 2.75) is 20.4 Å². The van der Waals surface area contributed by atoms with Gasteiger partial charge >= 0.3 is 5.69 Å². The van der Waals surface area contributed by atoms with E-state index in [9.17, 15) is 9.59 Å². The van der Waals surface area contributed by atoms with Crippen molar-refractivity contribution >= 4 is 16.9 Å². The lowest BCUT2D eigenvalue weighted by atomic mass is 10.2. The molecule has 1 saturated heterocycles. The highest BCUT2D eigenvalue weighted by atomic mass is 16.5. The highest BCUT2D eigenvalue weighted by Crippen LogP contribution is 2.21. The van der Waals surface area contributed by atoms with Gasteiger partial charge in [-0.15, -0.1) is 0 Å². The Morgan fingerprint density at radius 2 is 1.74 bits per heavy atom. The third-order valence-corrected chi connectivity index (χ3v) is 6.06. The third kappa shape index (κ3) is 3.21. The summed E-state index contributed by atoms with van der Waals surface area (Å²) < 4.78 is 12.0. The summed E-state index contributed by atoms with van der Waals surface area (Å²) in [5, 5.41) is 0. The summed E-state index contributed by atoms with van der Waals surface area (Å²) in [5.74, 6) is 0.620. The Morgan fingerprint density at radius 1 is 1.03 bits per heavy atom. The summed E-state index contributed by atoms with van der Waals surface area (Å²) >= 11 is 0. The Hall–Kier alpha value is -3.17. The van der Waals surface area contributed by atoms with Crippen LogP contribution in [0, 0.1) is 13.8 Å². The van der Waals surface area contributed by atoms with Gasteiger partial charge < -0.3 is 4.74 Å². The Morgan fingerprint density at radius 3 is 2.45 bits per heavy atom. The fourth-order valence-corrected chi connectivity index (χ4v) is 4.29. The number of rotatable bonds is 4. The lowest BCUT2D eigenvalue weighted by Crippen LogP contribution is -2.44. The first-order valence-electron chi connectivity index (χ1n) is 10.5. The molecular weight excluding hydrogens is 396 g/mol. The van der Waals surface area contributed by atoms with Crippen LogP contribution in [0.5, 0.6) is 0 Å². The average molecular weight is 422 g/mol. The average Bonchev–Trinajstić information content (AvgIpc) is 3.28. The lowest BCUT2D eigenvalue weighted by molar-refractivity contribution is 0.0361. The number of fused-ring (bicyclic) bond motifs is 3. The molecule has 1 aliphatic rings. The number of benzene rings is 1. The molecule has 0 bridgehead atoms. The van der Waals surface area contributed by atoms with Crippen molar-refractivity contribution in [2.24, 2.45) is 7.05 Å². The van der Waals surface area contributed by atoms with Crippen LogP contribution < -0.4 is 11.2 Å². The number of aryl methyl sites for hydroxylation is 3. The first-order valence-corrected chi connectivity index (χ1v) is 10.5. The van der Waals surface area contributed by atoms with Gasteiger partial charge in [0, 0.05) is 50.8 Å². The van der Waals surface area contributed by atoms with Crippen LogP contribution in [0.3, 0.4) is 0 Å². The van der Waals surface area contributed by atoms with E-state index in [0.29, 0.717) is 43.2 Å². The van der Waals surface area contributed by atoms with E-state index in [1.807, 2.05) is 48.9 Å². The predicted molar refractivity (Wildman–Crippen MR) is 118 cm³/mol. The number of hydrogen-bond donors (Lipinski definition) is 0. The van der Waals surface area contributed by atoms with Gasteiger partial charge in [0.2, 0.25) is 5.78 Å². The van der Waals surface area contributed by atoms with Crippen LogP contribution in [-0.2, 0) is 18.3 Å². The Labute approximate surface area is 178 Å². The molecule has 0 spiro atoms. The molecule has 1 aromatic carbocycles. The molecule has 1 aliphatic heterocycles. The molecule has 5 rings (SSSR count). The molecule has 9 nitrogen and oxygen atoms in total. The minimum absolute atomic E-state index is 0.306. The summed E-state index contributed by atoms with van der Waals surface area (Å²) in [7, 11) is 1.67. The van der Waals surface area contributed by atoms with Gasteiger partial charge in [-0.3, -0.25) is 27.8 Å². The van der Waals surface area contributed by atoms with Crippen LogP contribution in [0.2, 0.25) is 0 Å². The fraction of sp³-hybridized carbons (Fsp3) is 0.409. The van der Waals surface area contributed by atoms with Crippen molar-refractivity contribution < 1.29 is 4.74 Å². The maximum absolute atomic E-state index is 13.4. The maximum atomic E-state index is 13.4. The first kappa shape index (κ1) is 19.8. The number of ether oxygens (including phenoxy) is 1. The second-order valence-electron chi connectivity index (χ2n) is 8.15. The van der Waals surface area contributed by atoms with Crippen LogP contribution in [-0.4, -0.2) is 60.8 Å². The fourth-order valence-electron chi connectivity index (χ4n) is 4.29. The predicted octanol–water partition coefficient (Wildman–Crippen LogP) is 1.09. The van der Waals surface area contributed by atoms with E-state index in [1.165, 1.54) is 14.7 Å². The van der Waals surface area contributed by atoms with Crippen LogP contribution in [0.25, 0.3) is 22.6 Å². The molecule has 0 amide bonds. The normalized spacial score (nSPS) is 15.3. The minimum Gasteiger partial charge on any atom is -0.379 e. The van der Waals surface area contributed by atoms with Gasteiger partial charge in [0.15, 0.2) is 11.2 Å². The van der Waals surface area contributed by atoms with Gasteiger partial charge in [0.05, 0.1) is 13.2 Å². The molecule has 0 unspecified atom stereocenters. The largest absolute Gasteiger partial charge is 0.379 e. The standard InChI is InChI=1S/C22H26N6O3/c1-15-4-6-17(7-5-15)28-16(2)14-27-18-19(23-21(27)28)24(3)22(30)26(20(18)29)9-8-25-10-12-31-13-11-25/h4-7,14H,8-13H2,1-3H3. The number of morpholine rings is 1. The second kappa shape index (κ2) is 7.51. The van der Waals surface area contributed by atoms with Gasteiger partial charge in [-0.2, -0.15) is 4.98 Å². The minimum atomic E-state index is -0.342. The number of aromatic nitrogens is 5. The maximum Gasteiger partial charge on any atom is 0.332 e. The van der Waals surface area contributed by atoms with Crippen molar-refractivity contribution in [2.75, 3.05) is 32.8 Å². The Bertz CT molecular complexity index is 1380. The lowest BCUT2D eigenvalue weighted by Gasteiger charge is -2.26. The smallest absolute Gasteiger partial charge is 0.332 e. The summed E-state index contributed by atoms with van der Waals surface area (Å²) in [6.07, 6.45) is 1.91. The summed E-state index contributed by atoms with van der Waals surface area (Å²) in [5.41, 5.74) is 3.27. The zero-order valence-electron chi connectivity index (χ0n) is 18.0. The summed E-state index contributed by atoms with van der Waals surface area (Å²) in [6, 6.07) is 8.15. The highest BCUT2D eigenvalue weighted by molar-refractivity contribution is 5.76. The van der Waals surface area contributed by atoms with Gasteiger partial charge in [-0.1, -0.05) is 17.7 Å². The molecule has 4 aromatic rings. The van der Waals surface area contributed by atoms with E-state index in [2.05, 4.69) is 4.90 Å². The molecule has 0 N–H and O–H groups in total. The van der Waals surface area contributed by atoms with Gasteiger partial charge in [0.1, 0.15) is 0 Å². The van der Waals surface area contributed by atoms with Gasteiger partial charge in [-0.25, -0.2) is 4.79 Å². The first-order chi connectivity index (χ1) is 15.0. The van der Waals surface area contributed by atoms with Crippen LogP contribution in [0.15, 0.2) is 40.1 Å². The highest BCUT2D eigenvalue weighted by Gasteiger charge is 2.21. The monoisotopic (exact) mass is 422 g/mol. The van der Waals surface area contributed by atoms with E-state index in [-0.39, 0.29) is 11.2 Å². The molecule has 0 atom stereocenters. The molecular formula is C22H26N6O3. The van der Waals surface area contributed by atoms with E-state index in [1.54, 1.807) is 11.4 Å². The summed E-state index contributed by atoms with van der Waals surface area (Å²) in [4.78, 5) is 33.3. The number of imidazole rings is 2. The van der Waals surface area contributed by atoms with Crippen molar-refractivity contribution in [1.82, 2.24) is 28.0 Å². The van der Waals surface area contributed by atoms with Crippen LogP contribution in [0.4, 0.5) is 0 Å². The molecule has 3 aromatic heterocycles. The topological polar surface area (TPSA) is 78.7 Å². The molecule has 1 fully saturated rings. The van der Waals surface area contributed by atoms with Gasteiger partial charge in [0.25, 0.3) is 5.56 Å². The summed E-state index contributed by atoms with van der Waals surface area (Å²) in [6.45, 7) is 7.99. The van der Waals surface area contributed by atoms with E-state index in [0.717, 1.165) is 24.5 Å². The van der Waals surface area contributed by atoms with Crippen LogP contribution >= 0.6 is 0 Å².